The first-order valence-electron chi connectivity index (χ1n) is 5.43. The van der Waals surface area contributed by atoms with Crippen molar-refractivity contribution >= 4 is 29.1 Å². The number of hydrogen-bond donors (Lipinski definition) is 1. The van der Waals surface area contributed by atoms with Gasteiger partial charge in [-0.05, 0) is 20.4 Å². The van der Waals surface area contributed by atoms with E-state index in [-0.39, 0.29) is 5.97 Å². The van der Waals surface area contributed by atoms with E-state index in [9.17, 15) is 4.79 Å². The summed E-state index contributed by atoms with van der Waals surface area (Å²) < 4.78 is 5.94. The maximum atomic E-state index is 11.9. The molecule has 1 aromatic heterocycles. The lowest BCUT2D eigenvalue weighted by Crippen LogP contribution is -2.52. The zero-order valence-corrected chi connectivity index (χ0v) is 11.9. The molecule has 0 aliphatic heterocycles. The van der Waals surface area contributed by atoms with Gasteiger partial charge in [0.1, 0.15) is 11.0 Å². The highest BCUT2D eigenvalue weighted by atomic mass is 32.2. The molecule has 5 nitrogen and oxygen atoms in total. The van der Waals surface area contributed by atoms with E-state index < -0.39 is 5.54 Å². The third kappa shape index (κ3) is 4.25. The molecule has 0 spiro atoms. The summed E-state index contributed by atoms with van der Waals surface area (Å²) in [5, 5.41) is 10.9. The number of carbonyl (C=O) groups excluding carboxylic acids is 1. The van der Waals surface area contributed by atoms with Crippen molar-refractivity contribution in [1.29, 1.82) is 0 Å². The van der Waals surface area contributed by atoms with Gasteiger partial charge >= 0.3 is 5.97 Å². The third-order valence-electron chi connectivity index (χ3n) is 2.12. The summed E-state index contributed by atoms with van der Waals surface area (Å²) in [6.45, 7) is 6.73. The lowest BCUT2D eigenvalue weighted by atomic mass is 10.1. The Morgan fingerprint density at radius 3 is 2.94 bits per heavy atom. The molecule has 0 aliphatic carbocycles. The van der Waals surface area contributed by atoms with Gasteiger partial charge in [0.2, 0.25) is 0 Å². The molecular weight excluding hydrogens is 258 g/mol. The van der Waals surface area contributed by atoms with Crippen molar-refractivity contribution in [3.63, 3.8) is 0 Å². The fourth-order valence-corrected chi connectivity index (χ4v) is 2.89. The summed E-state index contributed by atoms with van der Waals surface area (Å²) in [4.78, 5) is 11.9. The van der Waals surface area contributed by atoms with Crippen molar-refractivity contribution < 1.29 is 9.53 Å². The number of rotatable bonds is 7. The van der Waals surface area contributed by atoms with E-state index in [2.05, 4.69) is 15.5 Å². The molecule has 0 aromatic carbocycles. The lowest BCUT2D eigenvalue weighted by Gasteiger charge is -2.27. The monoisotopic (exact) mass is 275 g/mol. The topological polar surface area (TPSA) is 64.1 Å². The third-order valence-corrected chi connectivity index (χ3v) is 4.29. The fourth-order valence-electron chi connectivity index (χ4n) is 1.29. The van der Waals surface area contributed by atoms with Crippen LogP contribution in [0.15, 0.2) is 9.85 Å². The van der Waals surface area contributed by atoms with Crippen LogP contribution in [-0.4, -0.2) is 40.6 Å². The molecule has 17 heavy (non-hydrogen) atoms. The van der Waals surface area contributed by atoms with Crippen LogP contribution in [0.1, 0.15) is 20.8 Å². The second kappa shape index (κ2) is 6.93. The van der Waals surface area contributed by atoms with Gasteiger partial charge in [-0.25, -0.2) is 0 Å². The SMILES string of the molecule is CCNC(C)(CSc1nncs1)C(=O)OCC. The molecular formula is C10H17N3O2S2. The Bertz CT molecular complexity index is 345. The van der Waals surface area contributed by atoms with E-state index in [0.717, 1.165) is 4.34 Å². The standard InChI is InChI=1S/C10H17N3O2S2/c1-4-11-10(3,8(14)15-5-2)6-16-9-13-12-7-17-9/h7,11H,4-6H2,1-3H3. The first kappa shape index (κ1) is 14.4. The number of esters is 1. The Morgan fingerprint density at radius 1 is 1.65 bits per heavy atom. The molecule has 0 aliphatic rings. The van der Waals surface area contributed by atoms with Crippen LogP contribution in [0.5, 0.6) is 0 Å². The molecule has 0 radical (unpaired) electrons. The van der Waals surface area contributed by atoms with E-state index in [1.165, 1.54) is 23.1 Å². The van der Waals surface area contributed by atoms with Crippen molar-refractivity contribution in [3.8, 4) is 0 Å². The molecule has 96 valence electrons. The van der Waals surface area contributed by atoms with Crippen LogP contribution < -0.4 is 5.32 Å². The Labute approximate surface area is 109 Å². The highest BCUT2D eigenvalue weighted by Crippen LogP contribution is 2.24. The zero-order chi connectivity index (χ0) is 12.7. The summed E-state index contributed by atoms with van der Waals surface area (Å²) in [7, 11) is 0. The van der Waals surface area contributed by atoms with Crippen molar-refractivity contribution in [1.82, 2.24) is 15.5 Å². The van der Waals surface area contributed by atoms with Gasteiger partial charge in [0.15, 0.2) is 4.34 Å². The van der Waals surface area contributed by atoms with Crippen molar-refractivity contribution in [2.75, 3.05) is 18.9 Å². The molecule has 0 saturated heterocycles. The maximum absolute atomic E-state index is 11.9. The number of likely N-dealkylation sites (N-methyl/N-ethyl adjacent to an activating group) is 1. The molecule has 1 unspecified atom stereocenters. The Hall–Kier alpha value is -0.660. The normalized spacial score (nSPS) is 14.3. The second-order valence-corrected chi connectivity index (χ2v) is 5.63. The minimum atomic E-state index is -0.679. The minimum absolute atomic E-state index is 0.223. The Balaban J connectivity index is 2.60. The first-order chi connectivity index (χ1) is 8.12. The molecule has 1 N–H and O–H groups in total. The minimum Gasteiger partial charge on any atom is -0.465 e. The van der Waals surface area contributed by atoms with Crippen LogP contribution in [0.2, 0.25) is 0 Å². The smallest absolute Gasteiger partial charge is 0.326 e. The summed E-state index contributed by atoms with van der Waals surface area (Å²) in [6, 6.07) is 0. The van der Waals surface area contributed by atoms with E-state index in [4.69, 9.17) is 4.74 Å². The van der Waals surface area contributed by atoms with Gasteiger partial charge in [-0.3, -0.25) is 4.79 Å². The van der Waals surface area contributed by atoms with Gasteiger partial charge in [0, 0.05) is 5.75 Å². The van der Waals surface area contributed by atoms with Crippen LogP contribution in [-0.2, 0) is 9.53 Å². The van der Waals surface area contributed by atoms with Gasteiger partial charge in [-0.1, -0.05) is 30.0 Å². The number of nitrogens with zero attached hydrogens (tertiary/aromatic N) is 2. The van der Waals surface area contributed by atoms with E-state index >= 15 is 0 Å². The second-order valence-electron chi connectivity index (χ2n) is 3.58. The van der Waals surface area contributed by atoms with Crippen LogP contribution in [0, 0.1) is 0 Å². The molecule has 1 aromatic rings. The molecule has 0 amide bonds. The molecule has 0 fully saturated rings. The van der Waals surface area contributed by atoms with Crippen LogP contribution in [0.4, 0.5) is 0 Å². The number of hydrogen-bond acceptors (Lipinski definition) is 7. The number of nitrogens with one attached hydrogen (secondary N) is 1. The Kier molecular flexibility index (Phi) is 5.87. The first-order valence-corrected chi connectivity index (χ1v) is 7.30. The Morgan fingerprint density at radius 2 is 2.41 bits per heavy atom. The number of aromatic nitrogens is 2. The van der Waals surface area contributed by atoms with E-state index in [1.807, 2.05) is 20.8 Å². The molecule has 1 atom stereocenters. The molecule has 7 heteroatoms. The number of carbonyl (C=O) groups is 1. The van der Waals surface area contributed by atoms with Gasteiger partial charge in [-0.2, -0.15) is 0 Å². The van der Waals surface area contributed by atoms with Crippen molar-refractivity contribution in [3.05, 3.63) is 5.51 Å². The summed E-state index contributed by atoms with van der Waals surface area (Å²) in [6.07, 6.45) is 0. The molecule has 1 heterocycles. The average molecular weight is 275 g/mol. The quantitative estimate of drug-likeness (QED) is 0.602. The van der Waals surface area contributed by atoms with Crippen molar-refractivity contribution in [2.45, 2.75) is 30.6 Å². The zero-order valence-electron chi connectivity index (χ0n) is 10.2. The van der Waals surface area contributed by atoms with Gasteiger partial charge in [0.05, 0.1) is 6.61 Å². The van der Waals surface area contributed by atoms with Gasteiger partial charge < -0.3 is 10.1 Å². The average Bonchev–Trinajstić information content (AvgIpc) is 2.80. The van der Waals surface area contributed by atoms with Crippen molar-refractivity contribution in [2.24, 2.45) is 0 Å². The van der Waals surface area contributed by atoms with Crippen LogP contribution in [0.25, 0.3) is 0 Å². The predicted molar refractivity (Wildman–Crippen MR) is 69.3 cm³/mol. The lowest BCUT2D eigenvalue weighted by molar-refractivity contribution is -0.149. The van der Waals surface area contributed by atoms with E-state index in [0.29, 0.717) is 18.9 Å². The predicted octanol–water partition coefficient (Wildman–Crippen LogP) is 1.56. The fraction of sp³-hybridized carbons (Fsp3) is 0.700. The summed E-state index contributed by atoms with van der Waals surface area (Å²) >= 11 is 2.98. The maximum Gasteiger partial charge on any atom is 0.326 e. The van der Waals surface area contributed by atoms with E-state index in [1.54, 1.807) is 5.51 Å². The van der Waals surface area contributed by atoms with Crippen LogP contribution >= 0.6 is 23.1 Å². The van der Waals surface area contributed by atoms with Gasteiger partial charge in [-0.15, -0.1) is 10.2 Å². The summed E-state index contributed by atoms with van der Waals surface area (Å²) in [5.74, 6) is 0.355. The number of thioether (sulfide) groups is 1. The molecule has 1 rings (SSSR count). The summed E-state index contributed by atoms with van der Waals surface area (Å²) in [5.41, 5.74) is 0.998. The number of ether oxygens (including phenoxy) is 1. The highest BCUT2D eigenvalue weighted by molar-refractivity contribution is 8.01. The molecule has 0 bridgehead atoms. The largest absolute Gasteiger partial charge is 0.465 e. The van der Waals surface area contributed by atoms with Gasteiger partial charge in [0.25, 0.3) is 0 Å². The highest BCUT2D eigenvalue weighted by Gasteiger charge is 2.34. The molecule has 0 saturated carbocycles. The van der Waals surface area contributed by atoms with Crippen LogP contribution in [0.3, 0.4) is 0 Å².